The van der Waals surface area contributed by atoms with E-state index in [4.69, 9.17) is 4.74 Å². The molecule has 2 aromatic carbocycles. The normalized spacial score (nSPS) is 11.9. The SMILES string of the molecule is CCOc1ccccc1C=c1sc2nc(=O)c(Cc3ccc(C)cc3)nn2c1=O. The predicted molar refractivity (Wildman–Crippen MR) is 114 cm³/mol. The largest absolute Gasteiger partial charge is 0.493 e. The standard InChI is InChI=1S/C22H19N3O3S/c1-3-28-18-7-5-4-6-16(18)13-19-21(27)25-22(29-19)23-20(26)17(24-25)12-15-10-8-14(2)9-11-15/h4-11,13H,3,12H2,1-2H3. The fourth-order valence-electron chi connectivity index (χ4n) is 2.98. The Labute approximate surface area is 170 Å². The molecule has 2 aromatic heterocycles. The molecule has 146 valence electrons. The minimum atomic E-state index is -0.409. The van der Waals surface area contributed by atoms with E-state index in [2.05, 4.69) is 10.1 Å². The summed E-state index contributed by atoms with van der Waals surface area (Å²) in [6.45, 7) is 4.44. The molecule has 2 heterocycles. The number of nitrogens with zero attached hydrogens (tertiary/aromatic N) is 3. The molecule has 0 fully saturated rings. The van der Waals surface area contributed by atoms with Gasteiger partial charge in [-0.15, -0.1) is 0 Å². The van der Waals surface area contributed by atoms with Crippen LogP contribution in [0.3, 0.4) is 0 Å². The highest BCUT2D eigenvalue weighted by molar-refractivity contribution is 7.15. The van der Waals surface area contributed by atoms with Gasteiger partial charge < -0.3 is 4.74 Å². The first-order valence-corrected chi connectivity index (χ1v) is 10.1. The van der Waals surface area contributed by atoms with E-state index in [1.165, 1.54) is 4.52 Å². The van der Waals surface area contributed by atoms with Gasteiger partial charge >= 0.3 is 0 Å². The van der Waals surface area contributed by atoms with Crippen molar-refractivity contribution in [2.24, 2.45) is 0 Å². The molecule has 6 nitrogen and oxygen atoms in total. The maximum atomic E-state index is 12.9. The third-order valence-electron chi connectivity index (χ3n) is 4.45. The number of benzene rings is 2. The Hall–Kier alpha value is -3.32. The molecule has 0 aliphatic rings. The molecule has 0 spiro atoms. The average molecular weight is 405 g/mol. The zero-order chi connectivity index (χ0) is 20.4. The van der Waals surface area contributed by atoms with Gasteiger partial charge in [-0.2, -0.15) is 14.6 Å². The molecule has 0 atom stereocenters. The minimum absolute atomic E-state index is 0.252. The summed E-state index contributed by atoms with van der Waals surface area (Å²) in [5, 5.41) is 4.30. The first-order valence-electron chi connectivity index (χ1n) is 9.27. The molecule has 4 rings (SSSR count). The molecule has 0 saturated carbocycles. The van der Waals surface area contributed by atoms with Gasteiger partial charge in [0.15, 0.2) is 0 Å². The molecule has 0 radical (unpaired) electrons. The van der Waals surface area contributed by atoms with Crippen molar-refractivity contribution in [3.63, 3.8) is 0 Å². The van der Waals surface area contributed by atoms with E-state index in [-0.39, 0.29) is 16.2 Å². The van der Waals surface area contributed by atoms with Gasteiger partial charge in [-0.3, -0.25) is 9.59 Å². The third kappa shape index (κ3) is 3.95. The van der Waals surface area contributed by atoms with Crippen LogP contribution in [0, 0.1) is 6.92 Å². The van der Waals surface area contributed by atoms with Crippen LogP contribution in [0.15, 0.2) is 58.1 Å². The van der Waals surface area contributed by atoms with Crippen molar-refractivity contribution in [1.29, 1.82) is 0 Å². The van der Waals surface area contributed by atoms with Crippen LogP contribution in [0.25, 0.3) is 11.0 Å². The van der Waals surface area contributed by atoms with Crippen LogP contribution >= 0.6 is 11.3 Å². The second-order valence-corrected chi connectivity index (χ2v) is 7.62. The Morgan fingerprint density at radius 3 is 2.62 bits per heavy atom. The number of rotatable bonds is 5. The number of hydrogen-bond acceptors (Lipinski definition) is 6. The molecular formula is C22H19N3O3S. The highest BCUT2D eigenvalue weighted by Gasteiger charge is 2.12. The maximum absolute atomic E-state index is 12.9. The summed E-state index contributed by atoms with van der Waals surface area (Å²) in [7, 11) is 0. The van der Waals surface area contributed by atoms with Crippen LogP contribution in [0.4, 0.5) is 0 Å². The highest BCUT2D eigenvalue weighted by Crippen LogP contribution is 2.18. The van der Waals surface area contributed by atoms with E-state index >= 15 is 0 Å². The lowest BCUT2D eigenvalue weighted by Crippen LogP contribution is -2.28. The summed E-state index contributed by atoms with van der Waals surface area (Å²) < 4.78 is 7.28. The minimum Gasteiger partial charge on any atom is -0.493 e. The van der Waals surface area contributed by atoms with Crippen LogP contribution < -0.4 is 20.4 Å². The van der Waals surface area contributed by atoms with Crippen molar-refractivity contribution in [3.8, 4) is 5.75 Å². The zero-order valence-corrected chi connectivity index (χ0v) is 16.9. The number of ether oxygens (including phenoxy) is 1. The van der Waals surface area contributed by atoms with E-state index in [1.54, 1.807) is 6.08 Å². The maximum Gasteiger partial charge on any atom is 0.296 e. The molecule has 0 N–H and O–H groups in total. The Kier molecular flexibility index (Phi) is 5.22. The number of aromatic nitrogens is 3. The van der Waals surface area contributed by atoms with Crippen molar-refractivity contribution in [3.05, 3.63) is 96.2 Å². The summed E-state index contributed by atoms with van der Waals surface area (Å²) in [6, 6.07) is 15.3. The second kappa shape index (κ2) is 7.97. The second-order valence-electron chi connectivity index (χ2n) is 6.61. The molecular weight excluding hydrogens is 386 g/mol. The lowest BCUT2D eigenvalue weighted by Gasteiger charge is -2.05. The van der Waals surface area contributed by atoms with Gasteiger partial charge in [0.25, 0.3) is 11.1 Å². The summed E-state index contributed by atoms with van der Waals surface area (Å²) in [6.07, 6.45) is 2.08. The van der Waals surface area contributed by atoms with Crippen molar-refractivity contribution < 1.29 is 4.74 Å². The van der Waals surface area contributed by atoms with Gasteiger partial charge in [0.2, 0.25) is 4.96 Å². The van der Waals surface area contributed by atoms with Crippen molar-refractivity contribution in [2.45, 2.75) is 20.3 Å². The molecule has 0 aliphatic heterocycles. The smallest absolute Gasteiger partial charge is 0.296 e. The van der Waals surface area contributed by atoms with Gasteiger partial charge in [-0.25, -0.2) is 0 Å². The number of aryl methyl sites for hydroxylation is 1. The fraction of sp³-hybridized carbons (Fsp3) is 0.182. The molecule has 0 amide bonds. The monoisotopic (exact) mass is 405 g/mol. The number of para-hydroxylation sites is 1. The Bertz CT molecular complexity index is 1340. The molecule has 0 saturated heterocycles. The summed E-state index contributed by atoms with van der Waals surface area (Å²) in [5.41, 5.74) is 2.42. The fourth-order valence-corrected chi connectivity index (χ4v) is 3.87. The molecule has 0 bridgehead atoms. The topological polar surface area (TPSA) is 73.6 Å². The number of hydrogen-bond donors (Lipinski definition) is 0. The number of fused-ring (bicyclic) bond motifs is 1. The van der Waals surface area contributed by atoms with Crippen LogP contribution in [0.1, 0.15) is 29.3 Å². The molecule has 0 aliphatic carbocycles. The first kappa shape index (κ1) is 19.0. The van der Waals surface area contributed by atoms with Crippen LogP contribution in [0.5, 0.6) is 5.75 Å². The van der Waals surface area contributed by atoms with E-state index in [1.807, 2.05) is 62.4 Å². The highest BCUT2D eigenvalue weighted by atomic mass is 32.1. The molecule has 0 unspecified atom stereocenters. The molecule has 29 heavy (non-hydrogen) atoms. The molecule has 4 aromatic rings. The lowest BCUT2D eigenvalue weighted by atomic mass is 10.1. The quantitative estimate of drug-likeness (QED) is 0.510. The first-order chi connectivity index (χ1) is 14.0. The van der Waals surface area contributed by atoms with E-state index < -0.39 is 5.56 Å². The Balaban J connectivity index is 1.79. The lowest BCUT2D eigenvalue weighted by molar-refractivity contribution is 0.339. The summed E-state index contributed by atoms with van der Waals surface area (Å²) >= 11 is 1.14. The van der Waals surface area contributed by atoms with Crippen LogP contribution in [-0.2, 0) is 6.42 Å². The van der Waals surface area contributed by atoms with Crippen LogP contribution in [0.2, 0.25) is 0 Å². The zero-order valence-electron chi connectivity index (χ0n) is 16.1. The van der Waals surface area contributed by atoms with Crippen molar-refractivity contribution in [1.82, 2.24) is 14.6 Å². The van der Waals surface area contributed by atoms with Crippen LogP contribution in [-0.4, -0.2) is 21.2 Å². The van der Waals surface area contributed by atoms with Gasteiger partial charge in [-0.05, 0) is 31.6 Å². The van der Waals surface area contributed by atoms with Gasteiger partial charge in [0.1, 0.15) is 11.4 Å². The number of thiazole rings is 1. The van der Waals surface area contributed by atoms with Crippen molar-refractivity contribution >= 4 is 22.4 Å². The van der Waals surface area contributed by atoms with E-state index in [0.717, 1.165) is 28.0 Å². The van der Waals surface area contributed by atoms with E-state index in [9.17, 15) is 9.59 Å². The van der Waals surface area contributed by atoms with E-state index in [0.29, 0.717) is 23.3 Å². The molecule has 7 heteroatoms. The van der Waals surface area contributed by atoms with Gasteiger partial charge in [0, 0.05) is 12.0 Å². The Morgan fingerprint density at radius 1 is 1.10 bits per heavy atom. The summed E-state index contributed by atoms with van der Waals surface area (Å²) in [4.78, 5) is 29.6. The average Bonchev–Trinajstić information content (AvgIpc) is 3.00. The van der Waals surface area contributed by atoms with Crippen molar-refractivity contribution in [2.75, 3.05) is 6.61 Å². The Morgan fingerprint density at radius 2 is 1.86 bits per heavy atom. The third-order valence-corrected chi connectivity index (χ3v) is 5.41. The summed E-state index contributed by atoms with van der Waals surface area (Å²) in [5.74, 6) is 0.697. The predicted octanol–water partition coefficient (Wildman–Crippen LogP) is 2.36. The van der Waals surface area contributed by atoms with Gasteiger partial charge in [-0.1, -0.05) is 59.4 Å². The van der Waals surface area contributed by atoms with Gasteiger partial charge in [0.05, 0.1) is 11.1 Å².